The van der Waals surface area contributed by atoms with Gasteiger partial charge in [-0.15, -0.1) is 46.4 Å². The number of halogens is 4. The maximum absolute atomic E-state index is 10.2. The molecule has 0 aromatic heterocycles. The maximum atomic E-state index is 10.2. The second-order valence-corrected chi connectivity index (χ2v) is 6.82. The number of aliphatic hydroxyl groups excluding tert-OH is 4. The summed E-state index contributed by atoms with van der Waals surface area (Å²) in [7, 11) is 0. The zero-order chi connectivity index (χ0) is 17.4. The van der Waals surface area contributed by atoms with Crippen LogP contribution in [0.5, 0.6) is 0 Å². The van der Waals surface area contributed by atoms with Gasteiger partial charge >= 0.3 is 0 Å². The molecule has 0 spiro atoms. The lowest BCUT2D eigenvalue weighted by atomic mass is 10.0. The molecule has 11 heteroatoms. The molecule has 9 atom stereocenters. The molecule has 2 saturated heterocycles. The Hall–Kier alpha value is 0.880. The highest BCUT2D eigenvalue weighted by Crippen LogP contribution is 2.38. The summed E-state index contributed by atoms with van der Waals surface area (Å²) in [5, 5.41) is 38.7. The highest BCUT2D eigenvalue weighted by Gasteiger charge is 2.58. The lowest BCUT2D eigenvalue weighted by Gasteiger charge is -2.43. The third-order valence-corrected chi connectivity index (χ3v) is 5.38. The van der Waals surface area contributed by atoms with Gasteiger partial charge in [-0.25, -0.2) is 0 Å². The molecule has 0 radical (unpaired) electrons. The molecule has 2 heterocycles. The minimum absolute atomic E-state index is 0.0955. The number of rotatable bonds is 5. The molecule has 7 nitrogen and oxygen atoms in total. The van der Waals surface area contributed by atoms with Crippen molar-refractivity contribution in [3.05, 3.63) is 0 Å². The summed E-state index contributed by atoms with van der Waals surface area (Å²) in [5.41, 5.74) is 0. The third kappa shape index (κ3) is 3.71. The van der Waals surface area contributed by atoms with Gasteiger partial charge in [0, 0.05) is 0 Å². The van der Waals surface area contributed by atoms with Crippen LogP contribution in [0, 0.1) is 0 Å². The maximum Gasteiger partial charge on any atom is 0.214 e. The van der Waals surface area contributed by atoms with Crippen LogP contribution in [0.3, 0.4) is 0 Å². The molecule has 0 aromatic carbocycles. The van der Waals surface area contributed by atoms with E-state index >= 15 is 0 Å². The van der Waals surface area contributed by atoms with E-state index in [2.05, 4.69) is 0 Å². The lowest BCUT2D eigenvalue weighted by Crippen LogP contribution is -2.60. The molecule has 2 fully saturated rings. The van der Waals surface area contributed by atoms with Crippen molar-refractivity contribution in [2.45, 2.75) is 54.1 Å². The Kier molecular flexibility index (Phi) is 7.07. The van der Waals surface area contributed by atoms with Crippen LogP contribution in [-0.2, 0) is 14.2 Å². The van der Waals surface area contributed by atoms with Gasteiger partial charge in [-0.2, -0.15) is 0 Å². The summed E-state index contributed by atoms with van der Waals surface area (Å²) in [4.78, 5) is 0. The lowest BCUT2D eigenvalue weighted by molar-refractivity contribution is -0.340. The molecule has 4 N–H and O–H groups in total. The number of alkyl halides is 4. The molecule has 136 valence electrons. The van der Waals surface area contributed by atoms with Gasteiger partial charge in [0.05, 0.1) is 17.6 Å². The van der Waals surface area contributed by atoms with Crippen LogP contribution in [-0.4, -0.2) is 92.1 Å². The highest BCUT2D eigenvalue weighted by atomic mass is 35.5. The van der Waals surface area contributed by atoms with Crippen LogP contribution in [0.25, 0.3) is 0 Å². The molecular weight excluding hydrogens is 398 g/mol. The van der Waals surface area contributed by atoms with Gasteiger partial charge in [-0.3, -0.25) is 0 Å². The summed E-state index contributed by atoms with van der Waals surface area (Å²) >= 11 is 23.2. The number of ether oxygens (including phenoxy) is 3. The fraction of sp³-hybridized carbons (Fsp3) is 1.00. The van der Waals surface area contributed by atoms with Crippen LogP contribution < -0.4 is 0 Å². The molecular formula is C12H18Cl4O7. The quantitative estimate of drug-likeness (QED) is 0.452. The summed E-state index contributed by atoms with van der Waals surface area (Å²) in [6.07, 6.45) is -8.61. The number of hydrogen-bond donors (Lipinski definition) is 4. The van der Waals surface area contributed by atoms with Gasteiger partial charge in [-0.05, 0) is 0 Å². The predicted molar refractivity (Wildman–Crippen MR) is 83.2 cm³/mol. The standard InChI is InChI=1S/C12H18Cl4O7/c13-1-4-7(17)9(19)6(16)11(21-4)23-12(3-15)10(20)8(18)5(2-14)22-12/h4-11,17-20H,1-3H2/t4-,5-,6+,7-,8-,9-,10+,11+,12+/m1/s1. The molecule has 0 aromatic rings. The van der Waals surface area contributed by atoms with E-state index in [1.54, 1.807) is 0 Å². The molecule has 23 heavy (non-hydrogen) atoms. The second kappa shape index (κ2) is 8.05. The zero-order valence-corrected chi connectivity index (χ0v) is 14.8. The normalized spacial score (nSPS) is 51.1. The molecule has 2 aliphatic rings. The Morgan fingerprint density at radius 3 is 2.00 bits per heavy atom. The van der Waals surface area contributed by atoms with Gasteiger partial charge in [-0.1, -0.05) is 0 Å². The Morgan fingerprint density at radius 1 is 0.913 bits per heavy atom. The average Bonchev–Trinajstić information content (AvgIpc) is 2.80. The fourth-order valence-corrected chi connectivity index (χ4v) is 3.58. The molecule has 0 saturated carbocycles. The van der Waals surface area contributed by atoms with E-state index < -0.39 is 54.1 Å². The van der Waals surface area contributed by atoms with Crippen molar-refractivity contribution in [1.29, 1.82) is 0 Å². The van der Waals surface area contributed by atoms with E-state index in [1.165, 1.54) is 0 Å². The van der Waals surface area contributed by atoms with Crippen molar-refractivity contribution in [2.24, 2.45) is 0 Å². The summed E-state index contributed by atoms with van der Waals surface area (Å²) in [6.45, 7) is 0. The van der Waals surface area contributed by atoms with Crippen molar-refractivity contribution in [2.75, 3.05) is 17.6 Å². The first-order valence-electron chi connectivity index (χ1n) is 6.86. The topological polar surface area (TPSA) is 109 Å². The summed E-state index contributed by atoms with van der Waals surface area (Å²) < 4.78 is 16.4. The van der Waals surface area contributed by atoms with Crippen LogP contribution >= 0.6 is 46.4 Å². The van der Waals surface area contributed by atoms with Gasteiger partial charge in [0.2, 0.25) is 5.79 Å². The zero-order valence-electron chi connectivity index (χ0n) is 11.8. The van der Waals surface area contributed by atoms with E-state index in [4.69, 9.17) is 60.6 Å². The fourth-order valence-electron chi connectivity index (χ4n) is 2.54. The van der Waals surface area contributed by atoms with E-state index in [0.717, 1.165) is 0 Å². The molecule has 0 aliphatic carbocycles. The predicted octanol–water partition coefficient (Wildman–Crippen LogP) is -0.410. The van der Waals surface area contributed by atoms with Crippen molar-refractivity contribution in [1.82, 2.24) is 0 Å². The molecule has 2 aliphatic heterocycles. The smallest absolute Gasteiger partial charge is 0.214 e. The SMILES string of the molecule is O[C@@H]1[C@@H](CCl)O[C@@](CCl)(O[C@@H]2O[C@H](CCl)[C@@H](O)[C@H](O)[C@@H]2Cl)[C@H]1O. The largest absolute Gasteiger partial charge is 0.389 e. The van der Waals surface area contributed by atoms with Crippen molar-refractivity contribution in [3.8, 4) is 0 Å². The Morgan fingerprint density at radius 2 is 1.52 bits per heavy atom. The van der Waals surface area contributed by atoms with Gasteiger partial charge in [0.15, 0.2) is 6.29 Å². The van der Waals surface area contributed by atoms with Crippen molar-refractivity contribution >= 4 is 46.4 Å². The molecule has 0 bridgehead atoms. The molecule has 2 rings (SSSR count). The summed E-state index contributed by atoms with van der Waals surface area (Å²) in [5.74, 6) is -2.39. The first-order chi connectivity index (χ1) is 10.8. The minimum atomic E-state index is -1.82. The average molecular weight is 416 g/mol. The van der Waals surface area contributed by atoms with Crippen molar-refractivity contribution < 1.29 is 34.6 Å². The van der Waals surface area contributed by atoms with Crippen LogP contribution in [0.1, 0.15) is 0 Å². The van der Waals surface area contributed by atoms with Crippen LogP contribution in [0.15, 0.2) is 0 Å². The van der Waals surface area contributed by atoms with E-state index in [1.807, 2.05) is 0 Å². The monoisotopic (exact) mass is 414 g/mol. The third-order valence-electron chi connectivity index (χ3n) is 3.94. The Balaban J connectivity index is 2.18. The molecule has 0 amide bonds. The van der Waals surface area contributed by atoms with Gasteiger partial charge in [0.25, 0.3) is 0 Å². The van der Waals surface area contributed by atoms with Crippen molar-refractivity contribution in [3.63, 3.8) is 0 Å². The van der Waals surface area contributed by atoms with Crippen LogP contribution in [0.2, 0.25) is 0 Å². The summed E-state index contributed by atoms with van der Waals surface area (Å²) in [6, 6.07) is 0. The van der Waals surface area contributed by atoms with E-state index in [9.17, 15) is 20.4 Å². The van der Waals surface area contributed by atoms with Crippen LogP contribution in [0.4, 0.5) is 0 Å². The first-order valence-corrected chi connectivity index (χ1v) is 8.90. The van der Waals surface area contributed by atoms with E-state index in [0.29, 0.717) is 0 Å². The first kappa shape index (κ1) is 20.2. The minimum Gasteiger partial charge on any atom is -0.389 e. The highest BCUT2D eigenvalue weighted by molar-refractivity contribution is 6.21. The van der Waals surface area contributed by atoms with Gasteiger partial charge in [0.1, 0.15) is 42.0 Å². The van der Waals surface area contributed by atoms with Gasteiger partial charge < -0.3 is 34.6 Å². The van der Waals surface area contributed by atoms with E-state index in [-0.39, 0.29) is 17.6 Å². The number of hydrogen-bond acceptors (Lipinski definition) is 7. The second-order valence-electron chi connectivity index (χ2n) is 5.43. The number of aliphatic hydroxyl groups is 4. The Bertz CT molecular complexity index is 404. The Labute approximate surface area is 152 Å². The molecule has 0 unspecified atom stereocenters.